The van der Waals surface area contributed by atoms with Gasteiger partial charge in [0.05, 0.1) is 5.69 Å². The number of halogens is 1. The molecule has 0 aromatic heterocycles. The first kappa shape index (κ1) is 13.3. The number of para-hydroxylation sites is 1. The Bertz CT molecular complexity index is 463. The Morgan fingerprint density at radius 3 is 2.53 bits per heavy atom. The van der Waals surface area contributed by atoms with Crippen LogP contribution in [0.25, 0.3) is 0 Å². The fourth-order valence-corrected chi connectivity index (χ4v) is 1.83. The fraction of sp³-hybridized carbons (Fsp3) is 0.200. The van der Waals surface area contributed by atoms with Crippen molar-refractivity contribution in [3.63, 3.8) is 0 Å². The zero-order valence-corrected chi connectivity index (χ0v) is 9.50. The number of carboxylic acids is 1. The van der Waals surface area contributed by atoms with Gasteiger partial charge in [-0.1, -0.05) is 12.1 Å². The van der Waals surface area contributed by atoms with Crippen molar-refractivity contribution >= 4 is 28.4 Å². The van der Waals surface area contributed by atoms with E-state index >= 15 is 0 Å². The van der Waals surface area contributed by atoms with Gasteiger partial charge in [-0.05, 0) is 12.1 Å². The van der Waals surface area contributed by atoms with Crippen molar-refractivity contribution in [2.45, 2.75) is 0 Å². The van der Waals surface area contributed by atoms with Gasteiger partial charge in [0, 0.05) is 10.8 Å². The Morgan fingerprint density at radius 2 is 1.94 bits per heavy atom. The lowest BCUT2D eigenvalue weighted by Gasteiger charge is -2.05. The fourth-order valence-electron chi connectivity index (χ4n) is 1.08. The van der Waals surface area contributed by atoms with Crippen LogP contribution < -0.4 is 5.32 Å². The molecule has 1 aromatic carbocycles. The van der Waals surface area contributed by atoms with Gasteiger partial charge in [0.15, 0.2) is 0 Å². The second-order valence-electron chi connectivity index (χ2n) is 3.15. The highest BCUT2D eigenvalue weighted by atomic mass is 32.2. The van der Waals surface area contributed by atoms with E-state index in [0.29, 0.717) is 0 Å². The quantitative estimate of drug-likeness (QED) is 0.811. The summed E-state index contributed by atoms with van der Waals surface area (Å²) in [5.41, 5.74) is -0.0233. The molecule has 92 valence electrons. The van der Waals surface area contributed by atoms with Crippen LogP contribution >= 0.6 is 0 Å². The number of benzene rings is 1. The summed E-state index contributed by atoms with van der Waals surface area (Å²) >= 11 is 0. The summed E-state index contributed by atoms with van der Waals surface area (Å²) in [6.07, 6.45) is 0. The monoisotopic (exact) mass is 259 g/mol. The molecule has 17 heavy (non-hydrogen) atoms. The average Bonchev–Trinajstić information content (AvgIpc) is 2.19. The molecule has 0 saturated carbocycles. The molecule has 2 N–H and O–H groups in total. The third kappa shape index (κ3) is 4.73. The van der Waals surface area contributed by atoms with Crippen molar-refractivity contribution in [2.24, 2.45) is 0 Å². The van der Waals surface area contributed by atoms with Gasteiger partial charge in [-0.15, -0.1) is 0 Å². The van der Waals surface area contributed by atoms with Gasteiger partial charge in [-0.2, -0.15) is 0 Å². The first-order valence-corrected chi connectivity index (χ1v) is 6.09. The van der Waals surface area contributed by atoms with Gasteiger partial charge in [0.1, 0.15) is 17.3 Å². The zero-order valence-electron chi connectivity index (χ0n) is 8.68. The molecule has 0 fully saturated rings. The molecule has 1 atom stereocenters. The van der Waals surface area contributed by atoms with Crippen molar-refractivity contribution in [3.8, 4) is 0 Å². The van der Waals surface area contributed by atoms with Gasteiger partial charge >= 0.3 is 5.97 Å². The number of nitrogens with one attached hydrogen (secondary N) is 1. The number of carboxylic acid groups (broad SMARTS) is 1. The van der Waals surface area contributed by atoms with E-state index in [-0.39, 0.29) is 5.69 Å². The minimum absolute atomic E-state index is 0.0233. The molecule has 0 heterocycles. The highest BCUT2D eigenvalue weighted by molar-refractivity contribution is 7.86. The third-order valence-corrected chi connectivity index (χ3v) is 2.88. The van der Waals surface area contributed by atoms with Crippen molar-refractivity contribution in [1.82, 2.24) is 0 Å². The second-order valence-corrected chi connectivity index (χ2v) is 4.61. The van der Waals surface area contributed by atoms with Crippen molar-refractivity contribution in [1.29, 1.82) is 0 Å². The topological polar surface area (TPSA) is 83.5 Å². The molecule has 7 heteroatoms. The van der Waals surface area contributed by atoms with Gasteiger partial charge in [-0.3, -0.25) is 13.8 Å². The lowest BCUT2D eigenvalue weighted by Crippen LogP contribution is -2.23. The molecule has 5 nitrogen and oxygen atoms in total. The Morgan fingerprint density at radius 1 is 1.29 bits per heavy atom. The maximum atomic E-state index is 13.1. The molecule has 1 rings (SSSR count). The van der Waals surface area contributed by atoms with E-state index in [0.717, 1.165) is 0 Å². The van der Waals surface area contributed by atoms with Crippen molar-refractivity contribution in [2.75, 3.05) is 16.8 Å². The summed E-state index contributed by atoms with van der Waals surface area (Å²) in [5, 5.41) is 10.6. The SMILES string of the molecule is O=C(O)CS(=O)CC(=O)Nc1ccccc1F. The molecule has 0 radical (unpaired) electrons. The minimum Gasteiger partial charge on any atom is -0.481 e. The maximum absolute atomic E-state index is 13.1. The van der Waals surface area contributed by atoms with Crippen LogP contribution in [0.5, 0.6) is 0 Å². The van der Waals surface area contributed by atoms with Crippen LogP contribution in [0.4, 0.5) is 10.1 Å². The lowest BCUT2D eigenvalue weighted by atomic mass is 10.3. The number of rotatable bonds is 5. The number of carbonyl (C=O) groups excluding carboxylic acids is 1. The molecule has 1 unspecified atom stereocenters. The Balaban J connectivity index is 2.53. The lowest BCUT2D eigenvalue weighted by molar-refractivity contribution is -0.133. The highest BCUT2D eigenvalue weighted by Gasteiger charge is 2.12. The molecule has 0 spiro atoms. The smallest absolute Gasteiger partial charge is 0.316 e. The highest BCUT2D eigenvalue weighted by Crippen LogP contribution is 2.11. The second kappa shape index (κ2) is 6.09. The van der Waals surface area contributed by atoms with E-state index in [2.05, 4.69) is 5.32 Å². The first-order chi connectivity index (χ1) is 7.99. The molecule has 1 aromatic rings. The third-order valence-electron chi connectivity index (χ3n) is 1.72. The van der Waals surface area contributed by atoms with Crippen LogP contribution in [0.2, 0.25) is 0 Å². The predicted molar refractivity (Wildman–Crippen MR) is 60.5 cm³/mol. The van der Waals surface area contributed by atoms with Crippen LogP contribution in [0.15, 0.2) is 24.3 Å². The number of carbonyl (C=O) groups is 2. The van der Waals surface area contributed by atoms with Crippen molar-refractivity contribution < 1.29 is 23.3 Å². The van der Waals surface area contributed by atoms with Crippen LogP contribution in [-0.2, 0) is 20.4 Å². The molecular weight excluding hydrogens is 249 g/mol. The number of amides is 1. The first-order valence-electron chi connectivity index (χ1n) is 4.60. The van der Waals surface area contributed by atoms with Gasteiger partial charge in [0.25, 0.3) is 0 Å². The number of anilines is 1. The van der Waals surface area contributed by atoms with E-state index in [4.69, 9.17) is 5.11 Å². The van der Waals surface area contributed by atoms with Gasteiger partial charge < -0.3 is 10.4 Å². The van der Waals surface area contributed by atoms with Crippen LogP contribution in [0.1, 0.15) is 0 Å². The average molecular weight is 259 g/mol. The minimum atomic E-state index is -1.79. The molecule has 1 amide bonds. The molecule has 0 bridgehead atoms. The van der Waals surface area contributed by atoms with E-state index in [1.807, 2.05) is 0 Å². The zero-order chi connectivity index (χ0) is 12.8. The molecular formula is C10H10FNO4S. The Labute approximate surface area is 99.1 Å². The van der Waals surface area contributed by atoms with E-state index in [1.165, 1.54) is 24.3 Å². The number of hydrogen-bond donors (Lipinski definition) is 2. The summed E-state index contributed by atoms with van der Waals surface area (Å²) in [6, 6.07) is 5.53. The standard InChI is InChI=1S/C10H10FNO4S/c11-7-3-1-2-4-8(7)12-9(13)5-17(16)6-10(14)15/h1-4H,5-6H2,(H,12,13)(H,14,15). The predicted octanol–water partition coefficient (Wildman–Crippen LogP) is 0.597. The van der Waals surface area contributed by atoms with Gasteiger partial charge in [-0.25, -0.2) is 4.39 Å². The van der Waals surface area contributed by atoms with E-state index < -0.39 is 40.0 Å². The van der Waals surface area contributed by atoms with E-state index in [1.54, 1.807) is 0 Å². The molecule has 0 saturated heterocycles. The molecule has 0 aliphatic carbocycles. The van der Waals surface area contributed by atoms with E-state index in [9.17, 15) is 18.2 Å². The van der Waals surface area contributed by atoms with Gasteiger partial charge in [0.2, 0.25) is 5.91 Å². The summed E-state index contributed by atoms with van der Waals surface area (Å²) < 4.78 is 24.2. The van der Waals surface area contributed by atoms with Crippen LogP contribution in [-0.4, -0.2) is 32.7 Å². The molecule has 0 aliphatic rings. The summed E-state index contributed by atoms with van der Waals surface area (Å²) in [5.74, 6) is -3.62. The summed E-state index contributed by atoms with van der Waals surface area (Å²) in [7, 11) is -1.79. The normalized spacial score (nSPS) is 11.8. The largest absolute Gasteiger partial charge is 0.481 e. The number of aliphatic carboxylic acids is 1. The Kier molecular flexibility index (Phi) is 4.77. The number of hydrogen-bond acceptors (Lipinski definition) is 3. The summed E-state index contributed by atoms with van der Waals surface area (Å²) in [6.45, 7) is 0. The van der Waals surface area contributed by atoms with Crippen LogP contribution in [0, 0.1) is 5.82 Å². The van der Waals surface area contributed by atoms with Crippen molar-refractivity contribution in [3.05, 3.63) is 30.1 Å². The molecule has 0 aliphatic heterocycles. The summed E-state index contributed by atoms with van der Waals surface area (Å²) in [4.78, 5) is 21.5. The maximum Gasteiger partial charge on any atom is 0.316 e. The Hall–Kier alpha value is -1.76. The van der Waals surface area contributed by atoms with Crippen LogP contribution in [0.3, 0.4) is 0 Å².